The molecular weight excluding hydrogens is 375 g/mol. The summed E-state index contributed by atoms with van der Waals surface area (Å²) in [5.41, 5.74) is 2.04. The van der Waals surface area contributed by atoms with Gasteiger partial charge in [-0.2, -0.15) is 0 Å². The molecule has 150 valence electrons. The molecule has 0 bridgehead atoms. The van der Waals surface area contributed by atoms with Gasteiger partial charge in [-0.3, -0.25) is 9.69 Å². The van der Waals surface area contributed by atoms with Crippen LogP contribution in [0, 0.1) is 11.7 Å². The van der Waals surface area contributed by atoms with E-state index < -0.39 is 0 Å². The van der Waals surface area contributed by atoms with Gasteiger partial charge in [-0.05, 0) is 60.7 Å². The summed E-state index contributed by atoms with van der Waals surface area (Å²) in [5, 5.41) is 0.751. The molecule has 0 radical (unpaired) electrons. The van der Waals surface area contributed by atoms with Crippen LogP contribution in [0.25, 0.3) is 0 Å². The van der Waals surface area contributed by atoms with Crippen molar-refractivity contribution >= 4 is 23.2 Å². The van der Waals surface area contributed by atoms with Crippen LogP contribution >= 0.6 is 11.6 Å². The summed E-state index contributed by atoms with van der Waals surface area (Å²) in [5.74, 6) is 0.135. The first-order valence-corrected chi connectivity index (χ1v) is 10.3. The highest BCUT2D eigenvalue weighted by Crippen LogP contribution is 2.26. The van der Waals surface area contributed by atoms with E-state index in [4.69, 9.17) is 11.6 Å². The molecule has 2 aromatic rings. The fourth-order valence-corrected chi connectivity index (χ4v) is 3.92. The molecule has 1 aliphatic heterocycles. The van der Waals surface area contributed by atoms with E-state index in [1.807, 2.05) is 17.0 Å². The van der Waals surface area contributed by atoms with Gasteiger partial charge in [-0.15, -0.1) is 0 Å². The molecule has 1 amide bonds. The van der Waals surface area contributed by atoms with E-state index in [1.54, 1.807) is 12.1 Å². The number of carbonyl (C=O) groups is 1. The summed E-state index contributed by atoms with van der Waals surface area (Å²) < 4.78 is 13.4. The summed E-state index contributed by atoms with van der Waals surface area (Å²) in [7, 11) is 0. The lowest BCUT2D eigenvalue weighted by molar-refractivity contribution is -0.120. The van der Waals surface area contributed by atoms with Crippen molar-refractivity contribution in [2.45, 2.75) is 45.7 Å². The minimum absolute atomic E-state index is 0.123. The summed E-state index contributed by atoms with van der Waals surface area (Å²) in [4.78, 5) is 17.3. The molecule has 0 aromatic heterocycles. The van der Waals surface area contributed by atoms with Crippen LogP contribution in [-0.2, 0) is 11.3 Å². The molecule has 3 nitrogen and oxygen atoms in total. The number of amides is 1. The molecule has 0 spiro atoms. The third-order valence-corrected chi connectivity index (χ3v) is 5.45. The zero-order chi connectivity index (χ0) is 20.1. The standard InChI is InChI=1S/C23H28ClFN2O/c1-17(2)15-23(28)27(21-9-7-20(25)8-10-21)22-11-13-26(14-12-22)16-18-3-5-19(24)6-4-18/h3-10,17,22H,11-16H2,1-2H3. The SMILES string of the molecule is CC(C)CC(=O)N(c1ccc(F)cc1)C1CCN(Cc2ccc(Cl)cc2)CC1. The first-order chi connectivity index (χ1) is 13.4. The molecule has 1 heterocycles. The Morgan fingerprint density at radius 1 is 1.11 bits per heavy atom. The predicted octanol–water partition coefficient (Wildman–Crippen LogP) is 5.52. The van der Waals surface area contributed by atoms with Crippen LogP contribution in [0.2, 0.25) is 5.02 Å². The van der Waals surface area contributed by atoms with Gasteiger partial charge in [-0.1, -0.05) is 37.6 Å². The van der Waals surface area contributed by atoms with Crippen molar-refractivity contribution < 1.29 is 9.18 Å². The minimum atomic E-state index is -0.280. The molecule has 0 N–H and O–H groups in total. The first-order valence-electron chi connectivity index (χ1n) is 9.97. The van der Waals surface area contributed by atoms with Crippen LogP contribution in [0.3, 0.4) is 0 Å². The lowest BCUT2D eigenvalue weighted by Gasteiger charge is -2.39. The van der Waals surface area contributed by atoms with Crippen molar-refractivity contribution in [1.29, 1.82) is 0 Å². The lowest BCUT2D eigenvalue weighted by Crippen LogP contribution is -2.47. The van der Waals surface area contributed by atoms with Gasteiger partial charge >= 0.3 is 0 Å². The number of carbonyl (C=O) groups excluding carboxylic acids is 1. The number of hydrogen-bond donors (Lipinski definition) is 0. The van der Waals surface area contributed by atoms with Crippen molar-refractivity contribution in [3.8, 4) is 0 Å². The molecule has 0 atom stereocenters. The van der Waals surface area contributed by atoms with Crippen LogP contribution in [0.1, 0.15) is 38.7 Å². The van der Waals surface area contributed by atoms with Gasteiger partial charge in [0.1, 0.15) is 5.82 Å². The number of halogens is 2. The number of rotatable bonds is 6. The van der Waals surface area contributed by atoms with Gasteiger partial charge in [-0.25, -0.2) is 4.39 Å². The highest BCUT2D eigenvalue weighted by molar-refractivity contribution is 6.30. The molecule has 2 aromatic carbocycles. The van der Waals surface area contributed by atoms with Crippen molar-refractivity contribution in [3.63, 3.8) is 0 Å². The van der Waals surface area contributed by atoms with Crippen molar-refractivity contribution in [1.82, 2.24) is 4.90 Å². The van der Waals surface area contributed by atoms with Gasteiger partial charge in [0, 0.05) is 42.8 Å². The lowest BCUT2D eigenvalue weighted by atomic mass is 9.99. The van der Waals surface area contributed by atoms with E-state index in [0.29, 0.717) is 12.3 Å². The molecule has 3 rings (SSSR count). The second-order valence-electron chi connectivity index (χ2n) is 7.97. The average Bonchev–Trinajstić information content (AvgIpc) is 2.66. The van der Waals surface area contributed by atoms with Crippen molar-refractivity contribution in [2.24, 2.45) is 5.92 Å². The second-order valence-corrected chi connectivity index (χ2v) is 8.41. The molecule has 28 heavy (non-hydrogen) atoms. The maximum absolute atomic E-state index is 13.4. The Hall–Kier alpha value is -1.91. The highest BCUT2D eigenvalue weighted by Gasteiger charge is 2.29. The molecule has 0 unspecified atom stereocenters. The van der Waals surface area contributed by atoms with Gasteiger partial charge in [0.2, 0.25) is 5.91 Å². The zero-order valence-corrected chi connectivity index (χ0v) is 17.3. The average molecular weight is 403 g/mol. The van der Waals surface area contributed by atoms with Crippen LogP contribution in [0.4, 0.5) is 10.1 Å². The van der Waals surface area contributed by atoms with Gasteiger partial charge < -0.3 is 4.90 Å². The van der Waals surface area contributed by atoms with E-state index in [2.05, 4.69) is 30.9 Å². The molecule has 0 saturated carbocycles. The van der Waals surface area contributed by atoms with E-state index in [0.717, 1.165) is 43.2 Å². The Balaban J connectivity index is 1.67. The Kier molecular flexibility index (Phi) is 7.08. The smallest absolute Gasteiger partial charge is 0.227 e. The van der Waals surface area contributed by atoms with Gasteiger partial charge in [0.05, 0.1) is 0 Å². The normalized spacial score (nSPS) is 15.8. The number of anilines is 1. The molecule has 1 aliphatic rings. The quantitative estimate of drug-likeness (QED) is 0.634. The maximum Gasteiger partial charge on any atom is 0.227 e. The van der Waals surface area contributed by atoms with E-state index >= 15 is 0 Å². The number of nitrogens with zero attached hydrogens (tertiary/aromatic N) is 2. The fraction of sp³-hybridized carbons (Fsp3) is 0.435. The Morgan fingerprint density at radius 2 is 1.71 bits per heavy atom. The highest BCUT2D eigenvalue weighted by atomic mass is 35.5. The Bertz CT molecular complexity index is 768. The number of piperidine rings is 1. The first kappa shape index (κ1) is 20.8. The molecular formula is C23H28ClFN2O. The summed E-state index contributed by atoms with van der Waals surface area (Å²) in [6.45, 7) is 6.85. The van der Waals surface area contributed by atoms with E-state index in [-0.39, 0.29) is 17.8 Å². The number of likely N-dealkylation sites (tertiary alicyclic amines) is 1. The van der Waals surface area contributed by atoms with Crippen molar-refractivity contribution in [2.75, 3.05) is 18.0 Å². The van der Waals surface area contributed by atoms with E-state index in [9.17, 15) is 9.18 Å². The molecule has 0 aliphatic carbocycles. The largest absolute Gasteiger partial charge is 0.309 e. The van der Waals surface area contributed by atoms with Gasteiger partial charge in [0.25, 0.3) is 0 Å². The van der Waals surface area contributed by atoms with Crippen molar-refractivity contribution in [3.05, 3.63) is 64.9 Å². The van der Waals surface area contributed by atoms with Crippen LogP contribution in [0.5, 0.6) is 0 Å². The number of benzene rings is 2. The second kappa shape index (κ2) is 9.53. The third kappa shape index (κ3) is 5.55. The minimum Gasteiger partial charge on any atom is -0.309 e. The predicted molar refractivity (Wildman–Crippen MR) is 113 cm³/mol. The fourth-order valence-electron chi connectivity index (χ4n) is 3.79. The van der Waals surface area contributed by atoms with Crippen LogP contribution in [-0.4, -0.2) is 29.9 Å². The third-order valence-electron chi connectivity index (χ3n) is 5.20. The van der Waals surface area contributed by atoms with Crippen LogP contribution < -0.4 is 4.90 Å². The Morgan fingerprint density at radius 3 is 2.29 bits per heavy atom. The Labute approximate surface area is 172 Å². The van der Waals surface area contributed by atoms with E-state index in [1.165, 1.54) is 17.7 Å². The monoisotopic (exact) mass is 402 g/mol. The molecule has 5 heteroatoms. The summed E-state index contributed by atoms with van der Waals surface area (Å²) >= 11 is 5.97. The zero-order valence-electron chi connectivity index (χ0n) is 16.6. The number of hydrogen-bond acceptors (Lipinski definition) is 2. The molecule has 1 fully saturated rings. The molecule has 1 saturated heterocycles. The maximum atomic E-state index is 13.4. The van der Waals surface area contributed by atoms with Gasteiger partial charge in [0.15, 0.2) is 0 Å². The summed E-state index contributed by atoms with van der Waals surface area (Å²) in [6, 6.07) is 14.4. The topological polar surface area (TPSA) is 23.6 Å². The summed E-state index contributed by atoms with van der Waals surface area (Å²) in [6.07, 6.45) is 2.33. The van der Waals surface area contributed by atoms with Crippen LogP contribution in [0.15, 0.2) is 48.5 Å².